The lowest BCUT2D eigenvalue weighted by molar-refractivity contribution is 0.410. The summed E-state index contributed by atoms with van der Waals surface area (Å²) < 4.78 is 26.0. The van der Waals surface area contributed by atoms with E-state index in [9.17, 15) is 8.42 Å². The summed E-state index contributed by atoms with van der Waals surface area (Å²) >= 11 is 0. The number of aryl methyl sites for hydroxylation is 3. The van der Waals surface area contributed by atoms with Gasteiger partial charge in [0.1, 0.15) is 0 Å². The SMILES string of the molecule is CCc1cc(-c2ccc(CS(=O)(=O)c3ccccc3C)nc2C)cc2cnc(NC3CCC(N)CC3)nc12. The smallest absolute Gasteiger partial charge is 0.223 e. The summed E-state index contributed by atoms with van der Waals surface area (Å²) in [5.41, 5.74) is 12.2. The van der Waals surface area contributed by atoms with Gasteiger partial charge in [0.15, 0.2) is 9.84 Å². The predicted molar refractivity (Wildman–Crippen MR) is 153 cm³/mol. The molecule has 2 aromatic heterocycles. The van der Waals surface area contributed by atoms with Gasteiger partial charge in [0, 0.05) is 34.9 Å². The molecule has 2 aromatic carbocycles. The molecule has 5 rings (SSSR count). The van der Waals surface area contributed by atoms with Crippen LogP contribution in [0.5, 0.6) is 0 Å². The topological polar surface area (TPSA) is 111 Å². The zero-order valence-corrected chi connectivity index (χ0v) is 23.1. The number of anilines is 1. The highest BCUT2D eigenvalue weighted by atomic mass is 32.2. The molecule has 0 amide bonds. The van der Waals surface area contributed by atoms with Gasteiger partial charge in [-0.3, -0.25) is 4.98 Å². The number of nitrogens with one attached hydrogen (secondary N) is 1. The monoisotopic (exact) mass is 529 g/mol. The summed E-state index contributed by atoms with van der Waals surface area (Å²) in [6.07, 6.45) is 6.84. The second-order valence-corrected chi connectivity index (χ2v) is 12.3. The van der Waals surface area contributed by atoms with Crippen molar-refractivity contribution in [3.63, 3.8) is 0 Å². The highest BCUT2D eigenvalue weighted by Crippen LogP contribution is 2.30. The average molecular weight is 530 g/mol. The van der Waals surface area contributed by atoms with E-state index >= 15 is 0 Å². The van der Waals surface area contributed by atoms with Crippen LogP contribution in [-0.4, -0.2) is 35.5 Å². The van der Waals surface area contributed by atoms with Gasteiger partial charge in [0.25, 0.3) is 0 Å². The maximum Gasteiger partial charge on any atom is 0.223 e. The third-order valence-corrected chi connectivity index (χ3v) is 9.27. The van der Waals surface area contributed by atoms with E-state index in [1.165, 1.54) is 0 Å². The first-order valence-electron chi connectivity index (χ1n) is 13.3. The Balaban J connectivity index is 1.41. The van der Waals surface area contributed by atoms with Gasteiger partial charge in [-0.25, -0.2) is 18.4 Å². The van der Waals surface area contributed by atoms with Gasteiger partial charge >= 0.3 is 0 Å². The Bertz CT molecular complexity index is 1580. The lowest BCUT2D eigenvalue weighted by Gasteiger charge is -2.26. The summed E-state index contributed by atoms with van der Waals surface area (Å²) in [6, 6.07) is 15.8. The third-order valence-electron chi connectivity index (χ3n) is 7.47. The molecule has 4 aromatic rings. The van der Waals surface area contributed by atoms with E-state index in [1.807, 2.05) is 44.3 Å². The fraction of sp³-hybridized carbons (Fsp3) is 0.367. The normalized spacial score (nSPS) is 18.0. The number of nitrogens with zero attached hydrogens (tertiary/aromatic N) is 3. The number of pyridine rings is 1. The molecule has 1 aliphatic carbocycles. The van der Waals surface area contributed by atoms with Crippen LogP contribution in [0, 0.1) is 13.8 Å². The van der Waals surface area contributed by atoms with Crippen LogP contribution in [0.2, 0.25) is 0 Å². The number of benzene rings is 2. The van der Waals surface area contributed by atoms with Crippen LogP contribution in [0.4, 0.5) is 5.95 Å². The Kier molecular flexibility index (Phi) is 7.45. The van der Waals surface area contributed by atoms with Gasteiger partial charge in [-0.1, -0.05) is 31.2 Å². The Labute approximate surface area is 224 Å². The average Bonchev–Trinajstić information content (AvgIpc) is 2.89. The number of sulfone groups is 1. The van der Waals surface area contributed by atoms with Gasteiger partial charge in [-0.2, -0.15) is 0 Å². The molecule has 0 unspecified atom stereocenters. The van der Waals surface area contributed by atoms with Crippen LogP contribution in [0.1, 0.15) is 55.1 Å². The van der Waals surface area contributed by atoms with E-state index in [0.29, 0.717) is 28.6 Å². The van der Waals surface area contributed by atoms with Gasteiger partial charge in [0.2, 0.25) is 5.95 Å². The molecular weight excluding hydrogens is 494 g/mol. The Morgan fingerprint density at radius 1 is 1.00 bits per heavy atom. The highest BCUT2D eigenvalue weighted by Gasteiger charge is 2.21. The predicted octanol–water partition coefficient (Wildman–Crippen LogP) is 5.53. The van der Waals surface area contributed by atoms with Gasteiger partial charge in [0.05, 0.1) is 21.9 Å². The number of rotatable bonds is 7. The van der Waals surface area contributed by atoms with Crippen molar-refractivity contribution >= 4 is 26.7 Å². The molecule has 0 bridgehead atoms. The first-order chi connectivity index (χ1) is 18.2. The van der Waals surface area contributed by atoms with Crippen LogP contribution < -0.4 is 11.1 Å². The van der Waals surface area contributed by atoms with Crippen molar-refractivity contribution in [2.75, 3.05) is 5.32 Å². The summed E-state index contributed by atoms with van der Waals surface area (Å²) in [5, 5.41) is 4.48. The Morgan fingerprint density at radius 2 is 1.76 bits per heavy atom. The molecule has 1 saturated carbocycles. The lowest BCUT2D eigenvalue weighted by atomic mass is 9.92. The molecule has 0 aliphatic heterocycles. The van der Waals surface area contributed by atoms with Crippen LogP contribution >= 0.6 is 0 Å². The van der Waals surface area contributed by atoms with Crippen molar-refractivity contribution in [1.82, 2.24) is 15.0 Å². The van der Waals surface area contributed by atoms with E-state index in [0.717, 1.165) is 71.0 Å². The molecular formula is C30H35N5O2S. The number of hydrogen-bond acceptors (Lipinski definition) is 7. The van der Waals surface area contributed by atoms with Crippen molar-refractivity contribution in [2.24, 2.45) is 5.73 Å². The molecule has 8 heteroatoms. The van der Waals surface area contributed by atoms with E-state index in [4.69, 9.17) is 10.7 Å². The molecule has 198 valence electrons. The molecule has 1 aliphatic rings. The Morgan fingerprint density at radius 3 is 2.47 bits per heavy atom. The molecule has 38 heavy (non-hydrogen) atoms. The molecule has 3 N–H and O–H groups in total. The maximum atomic E-state index is 13.0. The van der Waals surface area contributed by atoms with Crippen LogP contribution in [0.15, 0.2) is 59.6 Å². The zero-order chi connectivity index (χ0) is 26.9. The van der Waals surface area contributed by atoms with Gasteiger partial charge in [-0.15, -0.1) is 0 Å². The van der Waals surface area contributed by atoms with Crippen molar-refractivity contribution in [1.29, 1.82) is 0 Å². The summed E-state index contributed by atoms with van der Waals surface area (Å²) in [5.74, 6) is 0.533. The first-order valence-corrected chi connectivity index (χ1v) is 15.0. The van der Waals surface area contributed by atoms with Crippen LogP contribution in [-0.2, 0) is 22.0 Å². The van der Waals surface area contributed by atoms with E-state index in [-0.39, 0.29) is 5.75 Å². The quantitative estimate of drug-likeness (QED) is 0.324. The number of nitrogens with two attached hydrogens (primary N) is 1. The van der Waals surface area contributed by atoms with Crippen molar-refractivity contribution in [3.05, 3.63) is 77.2 Å². The maximum absolute atomic E-state index is 13.0. The van der Waals surface area contributed by atoms with Gasteiger partial charge in [-0.05, 0) is 86.9 Å². The molecule has 1 fully saturated rings. The molecule has 0 saturated heterocycles. The van der Waals surface area contributed by atoms with Crippen molar-refractivity contribution < 1.29 is 8.42 Å². The molecule has 2 heterocycles. The van der Waals surface area contributed by atoms with Crippen LogP contribution in [0.25, 0.3) is 22.0 Å². The van der Waals surface area contributed by atoms with Crippen molar-refractivity contribution in [2.45, 2.75) is 75.6 Å². The number of aromatic nitrogens is 3. The van der Waals surface area contributed by atoms with E-state index in [2.05, 4.69) is 34.3 Å². The second-order valence-electron chi connectivity index (χ2n) is 10.3. The fourth-order valence-electron chi connectivity index (χ4n) is 5.34. The molecule has 0 radical (unpaired) electrons. The summed E-state index contributed by atoms with van der Waals surface area (Å²) in [4.78, 5) is 14.5. The minimum absolute atomic E-state index is 0.131. The van der Waals surface area contributed by atoms with E-state index < -0.39 is 9.84 Å². The standard InChI is InChI=1S/C30H35N5O2S/c1-4-21-15-22(16-23-17-32-30(35-29(21)23)34-25-11-9-24(31)10-12-25)27-14-13-26(33-20(27)3)18-38(36,37)28-8-6-5-7-19(28)2/h5-8,13-17,24-25H,4,9-12,18,31H2,1-3H3,(H,32,34,35). The molecule has 0 spiro atoms. The minimum Gasteiger partial charge on any atom is -0.351 e. The van der Waals surface area contributed by atoms with Crippen LogP contribution in [0.3, 0.4) is 0 Å². The largest absolute Gasteiger partial charge is 0.351 e. The third kappa shape index (κ3) is 5.56. The van der Waals surface area contributed by atoms with E-state index in [1.54, 1.807) is 12.1 Å². The zero-order valence-electron chi connectivity index (χ0n) is 22.2. The van der Waals surface area contributed by atoms with Gasteiger partial charge < -0.3 is 11.1 Å². The number of fused-ring (bicyclic) bond motifs is 1. The highest BCUT2D eigenvalue weighted by molar-refractivity contribution is 7.90. The summed E-state index contributed by atoms with van der Waals surface area (Å²) in [7, 11) is -3.49. The number of hydrogen-bond donors (Lipinski definition) is 2. The molecule has 0 atom stereocenters. The fourth-order valence-corrected chi connectivity index (χ4v) is 6.89. The Hall–Kier alpha value is -3.36. The first kappa shape index (κ1) is 26.3. The lowest BCUT2D eigenvalue weighted by Crippen LogP contribution is -2.33. The second kappa shape index (κ2) is 10.8. The molecule has 7 nitrogen and oxygen atoms in total. The minimum atomic E-state index is -3.49. The summed E-state index contributed by atoms with van der Waals surface area (Å²) in [6.45, 7) is 5.86. The van der Waals surface area contributed by atoms with Crippen molar-refractivity contribution in [3.8, 4) is 11.1 Å².